The van der Waals surface area contributed by atoms with E-state index in [0.29, 0.717) is 23.8 Å². The highest BCUT2D eigenvalue weighted by Crippen LogP contribution is 2.20. The number of hydrogen-bond donors (Lipinski definition) is 0. The Morgan fingerprint density at radius 3 is 2.92 bits per heavy atom. The second-order valence-electron chi connectivity index (χ2n) is 2.51. The van der Waals surface area contributed by atoms with Crippen LogP contribution in [0.1, 0.15) is 18.1 Å². The van der Waals surface area contributed by atoms with E-state index in [9.17, 15) is 0 Å². The Morgan fingerprint density at radius 1 is 1.54 bits per heavy atom. The van der Waals surface area contributed by atoms with Gasteiger partial charge in [0.2, 0.25) is 0 Å². The van der Waals surface area contributed by atoms with Crippen molar-refractivity contribution in [3.63, 3.8) is 0 Å². The van der Waals surface area contributed by atoms with Crippen LogP contribution < -0.4 is 0 Å². The van der Waals surface area contributed by atoms with Crippen LogP contribution in [0.3, 0.4) is 0 Å². The quantitative estimate of drug-likeness (QED) is 0.743. The molecule has 2 nitrogen and oxygen atoms in total. The fourth-order valence-corrected chi connectivity index (χ4v) is 1.24. The van der Waals surface area contributed by atoms with Gasteiger partial charge in [0.05, 0.1) is 18.2 Å². The van der Waals surface area contributed by atoms with Gasteiger partial charge in [-0.3, -0.25) is 0 Å². The van der Waals surface area contributed by atoms with E-state index >= 15 is 0 Å². The summed E-state index contributed by atoms with van der Waals surface area (Å²) in [5, 5.41) is 9.37. The summed E-state index contributed by atoms with van der Waals surface area (Å²) in [4.78, 5) is 0. The predicted molar refractivity (Wildman–Crippen MR) is 51.5 cm³/mol. The Labute approximate surface area is 82.7 Å². The van der Waals surface area contributed by atoms with Crippen LogP contribution in [0, 0.1) is 11.3 Å². The van der Waals surface area contributed by atoms with E-state index in [4.69, 9.17) is 21.6 Å². The van der Waals surface area contributed by atoms with E-state index in [1.165, 1.54) is 0 Å². The zero-order valence-electron chi connectivity index (χ0n) is 7.38. The van der Waals surface area contributed by atoms with E-state index in [-0.39, 0.29) is 0 Å². The van der Waals surface area contributed by atoms with Gasteiger partial charge in [-0.25, -0.2) is 0 Å². The van der Waals surface area contributed by atoms with Crippen LogP contribution in [0.25, 0.3) is 0 Å². The van der Waals surface area contributed by atoms with Gasteiger partial charge in [0.25, 0.3) is 0 Å². The molecular weight excluding hydrogens is 186 g/mol. The van der Waals surface area contributed by atoms with Gasteiger partial charge in [0.15, 0.2) is 0 Å². The van der Waals surface area contributed by atoms with Crippen molar-refractivity contribution in [2.75, 3.05) is 6.61 Å². The molecule has 13 heavy (non-hydrogen) atoms. The number of hydrogen-bond acceptors (Lipinski definition) is 2. The lowest BCUT2D eigenvalue weighted by Gasteiger charge is -2.05. The van der Waals surface area contributed by atoms with Gasteiger partial charge >= 0.3 is 0 Å². The third-order valence-corrected chi connectivity index (χ3v) is 2.04. The maximum absolute atomic E-state index is 8.78. The summed E-state index contributed by atoms with van der Waals surface area (Å²) in [5.41, 5.74) is 1.36. The second-order valence-corrected chi connectivity index (χ2v) is 2.92. The first kappa shape index (κ1) is 10.0. The lowest BCUT2D eigenvalue weighted by molar-refractivity contribution is 0.134. The minimum atomic E-state index is 0.402. The molecule has 0 atom stereocenters. The van der Waals surface area contributed by atoms with Crippen molar-refractivity contribution in [3.8, 4) is 6.07 Å². The summed E-state index contributed by atoms with van der Waals surface area (Å²) in [7, 11) is 0. The van der Waals surface area contributed by atoms with Crippen LogP contribution in [0.4, 0.5) is 0 Å². The second kappa shape index (κ2) is 4.86. The Bertz CT molecular complexity index is 330. The molecular formula is C10H10ClNO. The number of rotatable bonds is 3. The molecule has 0 aromatic heterocycles. The lowest BCUT2D eigenvalue weighted by Crippen LogP contribution is -1.96. The Morgan fingerprint density at radius 2 is 2.31 bits per heavy atom. The van der Waals surface area contributed by atoms with Gasteiger partial charge in [-0.1, -0.05) is 17.7 Å². The number of nitriles is 1. The summed E-state index contributed by atoms with van der Waals surface area (Å²) in [6.45, 7) is 2.93. The van der Waals surface area contributed by atoms with Crippen LogP contribution in [0.2, 0.25) is 5.02 Å². The minimum Gasteiger partial charge on any atom is -0.377 e. The molecule has 68 valence electrons. The first-order chi connectivity index (χ1) is 6.29. The van der Waals surface area contributed by atoms with Crippen molar-refractivity contribution in [2.24, 2.45) is 0 Å². The maximum Gasteiger partial charge on any atom is 0.0995 e. The molecule has 1 rings (SSSR count). The molecule has 0 aliphatic carbocycles. The Hall–Kier alpha value is -1.04. The fraction of sp³-hybridized carbons (Fsp3) is 0.300. The molecule has 3 heteroatoms. The van der Waals surface area contributed by atoms with Crippen molar-refractivity contribution in [2.45, 2.75) is 13.5 Å². The standard InChI is InChI=1S/C10H10ClNO/c1-2-13-7-9-8(6-12)4-3-5-10(9)11/h3-5H,2,7H2,1H3. The molecule has 0 amide bonds. The zero-order valence-corrected chi connectivity index (χ0v) is 8.14. The third-order valence-electron chi connectivity index (χ3n) is 1.69. The normalized spacial score (nSPS) is 9.62. The molecule has 1 aromatic rings. The molecule has 0 unspecified atom stereocenters. The van der Waals surface area contributed by atoms with E-state index in [0.717, 1.165) is 5.56 Å². The Kier molecular flexibility index (Phi) is 3.75. The van der Waals surface area contributed by atoms with Crippen LogP contribution in [0.15, 0.2) is 18.2 Å². The molecule has 0 heterocycles. The SMILES string of the molecule is CCOCc1c(Cl)cccc1C#N. The van der Waals surface area contributed by atoms with Crippen molar-refractivity contribution < 1.29 is 4.74 Å². The summed E-state index contributed by atoms with van der Waals surface area (Å²) >= 11 is 5.91. The van der Waals surface area contributed by atoms with Crippen molar-refractivity contribution in [1.82, 2.24) is 0 Å². The molecule has 0 saturated carbocycles. The summed E-state index contributed by atoms with van der Waals surface area (Å²) in [6, 6.07) is 7.34. The third kappa shape index (κ3) is 2.45. The van der Waals surface area contributed by atoms with Crippen molar-refractivity contribution >= 4 is 11.6 Å². The van der Waals surface area contributed by atoms with Crippen molar-refractivity contribution in [1.29, 1.82) is 5.26 Å². The monoisotopic (exact) mass is 195 g/mol. The average molecular weight is 196 g/mol. The highest BCUT2D eigenvalue weighted by Gasteiger charge is 2.05. The number of ether oxygens (including phenoxy) is 1. The largest absolute Gasteiger partial charge is 0.377 e. The lowest BCUT2D eigenvalue weighted by atomic mass is 10.1. The van der Waals surface area contributed by atoms with Gasteiger partial charge in [0, 0.05) is 17.2 Å². The molecule has 1 aromatic carbocycles. The average Bonchev–Trinajstić information content (AvgIpc) is 2.15. The number of benzene rings is 1. The molecule has 0 aliphatic heterocycles. The van der Waals surface area contributed by atoms with Gasteiger partial charge in [-0.15, -0.1) is 0 Å². The molecule has 0 N–H and O–H groups in total. The molecule has 0 radical (unpaired) electrons. The molecule has 0 bridgehead atoms. The minimum absolute atomic E-state index is 0.402. The first-order valence-corrected chi connectivity index (χ1v) is 4.42. The highest BCUT2D eigenvalue weighted by atomic mass is 35.5. The van der Waals surface area contributed by atoms with Gasteiger partial charge < -0.3 is 4.74 Å². The summed E-state index contributed by atoms with van der Waals surface area (Å²) < 4.78 is 5.21. The van der Waals surface area contributed by atoms with Crippen LogP contribution in [-0.4, -0.2) is 6.61 Å². The molecule has 0 fully saturated rings. The van der Waals surface area contributed by atoms with E-state index in [1.54, 1.807) is 18.2 Å². The van der Waals surface area contributed by atoms with Crippen LogP contribution in [-0.2, 0) is 11.3 Å². The van der Waals surface area contributed by atoms with Crippen LogP contribution in [0.5, 0.6) is 0 Å². The molecule has 0 spiro atoms. The smallest absolute Gasteiger partial charge is 0.0995 e. The summed E-state index contributed by atoms with van der Waals surface area (Å²) in [6.07, 6.45) is 0. The van der Waals surface area contributed by atoms with Gasteiger partial charge in [0.1, 0.15) is 0 Å². The molecule has 0 saturated heterocycles. The van der Waals surface area contributed by atoms with E-state index in [2.05, 4.69) is 6.07 Å². The topological polar surface area (TPSA) is 33.0 Å². The van der Waals surface area contributed by atoms with Gasteiger partial charge in [-0.05, 0) is 19.1 Å². The van der Waals surface area contributed by atoms with E-state index in [1.807, 2.05) is 6.92 Å². The van der Waals surface area contributed by atoms with Crippen molar-refractivity contribution in [3.05, 3.63) is 34.3 Å². The predicted octanol–water partition coefficient (Wildman–Crippen LogP) is 2.75. The molecule has 0 aliphatic rings. The Balaban J connectivity index is 2.95. The fourth-order valence-electron chi connectivity index (χ4n) is 1.01. The van der Waals surface area contributed by atoms with E-state index < -0.39 is 0 Å². The number of nitrogens with zero attached hydrogens (tertiary/aromatic N) is 1. The first-order valence-electron chi connectivity index (χ1n) is 4.04. The highest BCUT2D eigenvalue weighted by molar-refractivity contribution is 6.31. The maximum atomic E-state index is 8.78. The van der Waals surface area contributed by atoms with Gasteiger partial charge in [-0.2, -0.15) is 5.26 Å². The summed E-state index contributed by atoms with van der Waals surface area (Å²) in [5.74, 6) is 0. The zero-order chi connectivity index (χ0) is 9.68. The van der Waals surface area contributed by atoms with Crippen LogP contribution >= 0.6 is 11.6 Å². The number of halogens is 1.